The minimum Gasteiger partial charge on any atom is -0.396 e. The van der Waals surface area contributed by atoms with Gasteiger partial charge >= 0.3 is 6.18 Å². The van der Waals surface area contributed by atoms with E-state index in [-0.39, 0.29) is 21.6 Å². The smallest absolute Gasteiger partial charge is 0.396 e. The molecule has 4 nitrogen and oxygen atoms in total. The minimum absolute atomic E-state index is 0.108. The van der Waals surface area contributed by atoms with Crippen molar-refractivity contribution in [2.24, 2.45) is 0 Å². The van der Waals surface area contributed by atoms with Crippen molar-refractivity contribution in [3.05, 3.63) is 28.0 Å². The monoisotopic (exact) mass is 311 g/mol. The molecule has 0 saturated carbocycles. The van der Waals surface area contributed by atoms with Crippen molar-refractivity contribution in [3.8, 4) is 11.5 Å². The summed E-state index contributed by atoms with van der Waals surface area (Å²) in [4.78, 5) is 3.62. The summed E-state index contributed by atoms with van der Waals surface area (Å²) in [7, 11) is 0. The van der Waals surface area contributed by atoms with Gasteiger partial charge in [0, 0.05) is 5.56 Å². The average molecular weight is 312 g/mol. The Morgan fingerprint density at radius 2 is 1.79 bits per heavy atom. The number of nitrogens with zero attached hydrogens (tertiary/aromatic N) is 2. The highest BCUT2D eigenvalue weighted by Crippen LogP contribution is 2.33. The fraction of sp³-hybridized carbons (Fsp3) is 0.200. The number of halogens is 5. The van der Waals surface area contributed by atoms with E-state index in [0.29, 0.717) is 5.56 Å². The van der Waals surface area contributed by atoms with Gasteiger partial charge in [0.1, 0.15) is 6.42 Å². The summed E-state index contributed by atoms with van der Waals surface area (Å²) >= 11 is 11.6. The Kier molecular flexibility index (Phi) is 3.60. The Bertz CT molecular complexity index is 589. The lowest BCUT2D eigenvalue weighted by Gasteiger charge is -2.02. The second-order valence-electron chi connectivity index (χ2n) is 3.66. The van der Waals surface area contributed by atoms with Crippen molar-refractivity contribution in [1.82, 2.24) is 10.1 Å². The topological polar surface area (TPSA) is 64.9 Å². The summed E-state index contributed by atoms with van der Waals surface area (Å²) in [5, 5.41) is 3.54. The van der Waals surface area contributed by atoms with Crippen molar-refractivity contribution < 1.29 is 17.7 Å². The zero-order valence-corrected chi connectivity index (χ0v) is 10.6. The van der Waals surface area contributed by atoms with E-state index in [1.807, 2.05) is 0 Å². The molecule has 1 aromatic carbocycles. The van der Waals surface area contributed by atoms with E-state index in [4.69, 9.17) is 33.5 Å². The fourth-order valence-electron chi connectivity index (χ4n) is 1.33. The Morgan fingerprint density at radius 3 is 2.32 bits per heavy atom. The third kappa shape index (κ3) is 3.30. The SMILES string of the molecule is Nc1c(Cl)cc(-c2nc(CC(F)(F)F)no2)cc1Cl. The van der Waals surface area contributed by atoms with Crippen LogP contribution in [0.1, 0.15) is 5.82 Å². The number of hydrogen-bond donors (Lipinski definition) is 1. The van der Waals surface area contributed by atoms with E-state index in [2.05, 4.69) is 10.1 Å². The number of aromatic nitrogens is 2. The molecule has 0 aliphatic rings. The summed E-state index contributed by atoms with van der Waals surface area (Å²) in [6.07, 6.45) is -5.68. The number of nitrogen functional groups attached to an aromatic ring is 1. The first-order valence-electron chi connectivity index (χ1n) is 4.90. The molecule has 0 bridgehead atoms. The molecule has 0 aliphatic carbocycles. The molecule has 1 aromatic heterocycles. The molecule has 2 N–H and O–H groups in total. The first kappa shape index (κ1) is 14.0. The predicted octanol–water partition coefficient (Wildman–Crippen LogP) is 3.73. The van der Waals surface area contributed by atoms with Crippen LogP contribution >= 0.6 is 23.2 Å². The van der Waals surface area contributed by atoms with Crippen molar-refractivity contribution in [1.29, 1.82) is 0 Å². The molecule has 19 heavy (non-hydrogen) atoms. The van der Waals surface area contributed by atoms with Gasteiger partial charge in [-0.25, -0.2) is 0 Å². The minimum atomic E-state index is -4.41. The van der Waals surface area contributed by atoms with Crippen LogP contribution in [0.25, 0.3) is 11.5 Å². The third-order valence-electron chi connectivity index (χ3n) is 2.15. The number of rotatable bonds is 2. The van der Waals surface area contributed by atoms with E-state index >= 15 is 0 Å². The van der Waals surface area contributed by atoms with E-state index in [0.717, 1.165) is 0 Å². The molecule has 1 heterocycles. The van der Waals surface area contributed by atoms with Crippen molar-refractivity contribution >= 4 is 28.9 Å². The highest BCUT2D eigenvalue weighted by atomic mass is 35.5. The van der Waals surface area contributed by atoms with Gasteiger partial charge in [-0.15, -0.1) is 0 Å². The van der Waals surface area contributed by atoms with Crippen LogP contribution in [0.5, 0.6) is 0 Å². The molecule has 2 rings (SSSR count). The van der Waals surface area contributed by atoms with Gasteiger partial charge in [0.15, 0.2) is 5.82 Å². The lowest BCUT2D eigenvalue weighted by molar-refractivity contribution is -0.128. The largest absolute Gasteiger partial charge is 0.396 e. The number of hydrogen-bond acceptors (Lipinski definition) is 4. The van der Waals surface area contributed by atoms with Gasteiger partial charge in [0.05, 0.1) is 15.7 Å². The third-order valence-corrected chi connectivity index (χ3v) is 2.78. The van der Waals surface area contributed by atoms with Crippen LogP contribution < -0.4 is 5.73 Å². The van der Waals surface area contributed by atoms with Crippen LogP contribution in [-0.4, -0.2) is 16.3 Å². The molecule has 0 fully saturated rings. The predicted molar refractivity (Wildman–Crippen MR) is 63.9 cm³/mol. The lowest BCUT2D eigenvalue weighted by atomic mass is 10.2. The molecule has 0 spiro atoms. The zero-order valence-electron chi connectivity index (χ0n) is 9.13. The van der Waals surface area contributed by atoms with Gasteiger partial charge in [-0.3, -0.25) is 0 Å². The first-order valence-corrected chi connectivity index (χ1v) is 5.66. The second kappa shape index (κ2) is 4.90. The molecular formula is C10H6Cl2F3N3O. The molecule has 0 amide bonds. The zero-order chi connectivity index (χ0) is 14.2. The molecule has 0 atom stereocenters. The van der Waals surface area contributed by atoms with E-state index in [9.17, 15) is 13.2 Å². The van der Waals surface area contributed by atoms with E-state index in [1.54, 1.807) is 0 Å². The van der Waals surface area contributed by atoms with Crippen molar-refractivity contribution in [3.63, 3.8) is 0 Å². The number of alkyl halides is 3. The van der Waals surface area contributed by atoms with Gasteiger partial charge in [-0.05, 0) is 12.1 Å². The summed E-state index contributed by atoms with van der Waals surface area (Å²) in [6, 6.07) is 2.77. The highest BCUT2D eigenvalue weighted by molar-refractivity contribution is 6.39. The first-order chi connectivity index (χ1) is 8.76. The Morgan fingerprint density at radius 1 is 1.21 bits per heavy atom. The normalized spacial score (nSPS) is 11.8. The summed E-state index contributed by atoms with van der Waals surface area (Å²) in [5.41, 5.74) is 6.00. The van der Waals surface area contributed by atoms with Gasteiger partial charge in [-0.1, -0.05) is 28.4 Å². The van der Waals surface area contributed by atoms with Crippen LogP contribution in [-0.2, 0) is 6.42 Å². The maximum atomic E-state index is 12.2. The molecule has 9 heteroatoms. The average Bonchev–Trinajstić information content (AvgIpc) is 2.71. The quantitative estimate of drug-likeness (QED) is 0.858. The molecule has 0 unspecified atom stereocenters. The number of nitrogens with two attached hydrogens (primary N) is 1. The molecule has 2 aromatic rings. The summed E-state index contributed by atoms with van der Waals surface area (Å²) < 4.78 is 41.2. The van der Waals surface area contributed by atoms with Crippen LogP contribution in [0.2, 0.25) is 10.0 Å². The highest BCUT2D eigenvalue weighted by Gasteiger charge is 2.30. The number of benzene rings is 1. The Hall–Kier alpha value is -1.47. The van der Waals surface area contributed by atoms with Crippen molar-refractivity contribution in [2.75, 3.05) is 5.73 Å². The van der Waals surface area contributed by atoms with Gasteiger partial charge in [0.2, 0.25) is 0 Å². The molecule has 0 aliphatic heterocycles. The molecule has 102 valence electrons. The standard InChI is InChI=1S/C10H6Cl2F3N3O/c11-5-1-4(2-6(12)8(5)16)9-17-7(18-19-9)3-10(13,14)15/h1-2H,3,16H2. The van der Waals surface area contributed by atoms with E-state index in [1.165, 1.54) is 12.1 Å². The van der Waals surface area contributed by atoms with Crippen LogP contribution in [0, 0.1) is 0 Å². The molecule has 0 saturated heterocycles. The summed E-state index contributed by atoms with van der Waals surface area (Å²) in [5.74, 6) is -0.574. The van der Waals surface area contributed by atoms with Crippen LogP contribution in [0.4, 0.5) is 18.9 Å². The maximum absolute atomic E-state index is 12.2. The van der Waals surface area contributed by atoms with Gasteiger partial charge in [-0.2, -0.15) is 18.2 Å². The fourth-order valence-corrected chi connectivity index (χ4v) is 1.82. The van der Waals surface area contributed by atoms with Crippen LogP contribution in [0.3, 0.4) is 0 Å². The summed E-state index contributed by atoms with van der Waals surface area (Å²) in [6.45, 7) is 0. The Labute approximate surface area is 115 Å². The van der Waals surface area contributed by atoms with Gasteiger partial charge < -0.3 is 10.3 Å². The molecule has 0 radical (unpaired) electrons. The second-order valence-corrected chi connectivity index (χ2v) is 4.48. The van der Waals surface area contributed by atoms with Gasteiger partial charge in [0.25, 0.3) is 5.89 Å². The van der Waals surface area contributed by atoms with E-state index < -0.39 is 18.4 Å². The van der Waals surface area contributed by atoms with Crippen LogP contribution in [0.15, 0.2) is 16.7 Å². The molecular weight excluding hydrogens is 306 g/mol. The maximum Gasteiger partial charge on any atom is 0.396 e. The Balaban J connectivity index is 2.33. The number of anilines is 1. The van der Waals surface area contributed by atoms with Crippen molar-refractivity contribution in [2.45, 2.75) is 12.6 Å². The lowest BCUT2D eigenvalue weighted by Crippen LogP contribution is -2.12.